The highest BCUT2D eigenvalue weighted by atomic mass is 15.3. The topological polar surface area (TPSA) is 58.3 Å². The second-order valence-corrected chi connectivity index (χ2v) is 6.62. The van der Waals surface area contributed by atoms with Crippen LogP contribution < -0.4 is 10.6 Å². The summed E-state index contributed by atoms with van der Waals surface area (Å²) in [5.41, 5.74) is 7.85. The zero-order valence-corrected chi connectivity index (χ0v) is 13.0. The Bertz CT molecular complexity index is 639. The van der Waals surface area contributed by atoms with Crippen molar-refractivity contribution in [2.24, 2.45) is 0 Å². The van der Waals surface area contributed by atoms with Crippen molar-refractivity contribution in [2.75, 3.05) is 36.8 Å². The van der Waals surface area contributed by atoms with Crippen LogP contribution in [0.1, 0.15) is 20.8 Å². The first kappa shape index (κ1) is 14.1. The Morgan fingerprint density at radius 2 is 1.76 bits per heavy atom. The van der Waals surface area contributed by atoms with Gasteiger partial charge in [0, 0.05) is 42.8 Å². The number of anilines is 2. The summed E-state index contributed by atoms with van der Waals surface area (Å²) < 4.78 is 0. The van der Waals surface area contributed by atoms with E-state index in [1.165, 1.54) is 0 Å². The maximum absolute atomic E-state index is 5.92. The van der Waals surface area contributed by atoms with Gasteiger partial charge in [0.25, 0.3) is 0 Å². The van der Waals surface area contributed by atoms with Gasteiger partial charge in [-0.05, 0) is 39.0 Å². The first-order valence-corrected chi connectivity index (χ1v) is 7.45. The molecule has 0 atom stereocenters. The molecule has 1 aromatic carbocycles. The van der Waals surface area contributed by atoms with Crippen molar-refractivity contribution < 1.29 is 0 Å². The molecule has 0 radical (unpaired) electrons. The quantitative estimate of drug-likeness (QED) is 0.813. The van der Waals surface area contributed by atoms with Gasteiger partial charge in [0.1, 0.15) is 12.1 Å². The molecule has 1 saturated heterocycles. The first-order valence-electron chi connectivity index (χ1n) is 7.45. The largest absolute Gasteiger partial charge is 0.399 e. The highest BCUT2D eigenvalue weighted by Gasteiger charge is 2.26. The van der Waals surface area contributed by atoms with E-state index in [0.29, 0.717) is 0 Å². The molecular formula is C16H23N5. The van der Waals surface area contributed by atoms with Crippen LogP contribution in [0.15, 0.2) is 24.5 Å². The Morgan fingerprint density at radius 1 is 1.05 bits per heavy atom. The van der Waals surface area contributed by atoms with Gasteiger partial charge in [-0.2, -0.15) is 0 Å². The molecule has 2 N–H and O–H groups in total. The van der Waals surface area contributed by atoms with Gasteiger partial charge in [0.05, 0.1) is 5.52 Å². The maximum atomic E-state index is 5.92. The third-order valence-corrected chi connectivity index (χ3v) is 4.17. The first-order chi connectivity index (χ1) is 9.95. The van der Waals surface area contributed by atoms with Crippen molar-refractivity contribution in [2.45, 2.75) is 26.3 Å². The summed E-state index contributed by atoms with van der Waals surface area (Å²) in [5.74, 6) is 1.00. The van der Waals surface area contributed by atoms with E-state index in [4.69, 9.17) is 5.73 Å². The van der Waals surface area contributed by atoms with Gasteiger partial charge < -0.3 is 10.6 Å². The van der Waals surface area contributed by atoms with E-state index in [0.717, 1.165) is 48.6 Å². The minimum absolute atomic E-state index is 0.226. The molecule has 1 aliphatic heterocycles. The summed E-state index contributed by atoms with van der Waals surface area (Å²) in [6, 6.07) is 5.82. The molecule has 0 unspecified atom stereocenters. The molecular weight excluding hydrogens is 262 g/mol. The summed E-state index contributed by atoms with van der Waals surface area (Å²) in [6.45, 7) is 10.9. The standard InChI is InChI=1S/C16H23N5/c1-16(2,3)21-8-6-20(7-9-21)15-13-10-12(17)4-5-14(13)18-11-19-15/h4-5,10-11H,6-9,17H2,1-3H3. The summed E-state index contributed by atoms with van der Waals surface area (Å²) in [7, 11) is 0. The molecule has 0 bridgehead atoms. The Balaban J connectivity index is 1.87. The van der Waals surface area contributed by atoms with Gasteiger partial charge in [0.15, 0.2) is 0 Å². The number of piperazine rings is 1. The fourth-order valence-electron chi connectivity index (χ4n) is 2.90. The molecule has 3 rings (SSSR count). The highest BCUT2D eigenvalue weighted by Crippen LogP contribution is 2.26. The lowest BCUT2D eigenvalue weighted by molar-refractivity contribution is 0.128. The van der Waals surface area contributed by atoms with Crippen molar-refractivity contribution in [3.05, 3.63) is 24.5 Å². The number of rotatable bonds is 1. The fraction of sp³-hybridized carbons (Fsp3) is 0.500. The van der Waals surface area contributed by atoms with Crippen molar-refractivity contribution in [3.63, 3.8) is 0 Å². The zero-order chi connectivity index (χ0) is 15.0. The van der Waals surface area contributed by atoms with Crippen LogP contribution in [0.5, 0.6) is 0 Å². The summed E-state index contributed by atoms with van der Waals surface area (Å²) in [5, 5.41) is 1.04. The average Bonchev–Trinajstić information content (AvgIpc) is 2.46. The number of nitrogen functional groups attached to an aromatic ring is 1. The van der Waals surface area contributed by atoms with Crippen LogP contribution in [0, 0.1) is 0 Å². The van der Waals surface area contributed by atoms with Crippen LogP contribution in [-0.2, 0) is 0 Å². The lowest BCUT2D eigenvalue weighted by Crippen LogP contribution is -2.53. The van der Waals surface area contributed by atoms with Gasteiger partial charge in [0.2, 0.25) is 0 Å². The molecule has 0 amide bonds. The number of hydrogen-bond acceptors (Lipinski definition) is 5. The Kier molecular flexibility index (Phi) is 3.45. The molecule has 5 nitrogen and oxygen atoms in total. The molecule has 0 spiro atoms. The van der Waals surface area contributed by atoms with Gasteiger partial charge >= 0.3 is 0 Å². The molecule has 2 heterocycles. The minimum Gasteiger partial charge on any atom is -0.399 e. The number of fused-ring (bicyclic) bond motifs is 1. The van der Waals surface area contributed by atoms with Crippen LogP contribution in [0.25, 0.3) is 10.9 Å². The molecule has 1 aromatic heterocycles. The lowest BCUT2D eigenvalue weighted by Gasteiger charge is -2.42. The van der Waals surface area contributed by atoms with Crippen LogP contribution in [0.4, 0.5) is 11.5 Å². The van der Waals surface area contributed by atoms with Crippen molar-refractivity contribution in [3.8, 4) is 0 Å². The Morgan fingerprint density at radius 3 is 2.43 bits per heavy atom. The van der Waals surface area contributed by atoms with Crippen LogP contribution in [-0.4, -0.2) is 46.6 Å². The molecule has 112 valence electrons. The normalized spacial score (nSPS) is 17.4. The smallest absolute Gasteiger partial charge is 0.140 e. The van der Waals surface area contributed by atoms with E-state index in [1.807, 2.05) is 18.2 Å². The number of nitrogens with zero attached hydrogens (tertiary/aromatic N) is 4. The van der Waals surface area contributed by atoms with Crippen LogP contribution in [0.3, 0.4) is 0 Å². The van der Waals surface area contributed by atoms with Crippen molar-refractivity contribution in [1.82, 2.24) is 14.9 Å². The second-order valence-electron chi connectivity index (χ2n) is 6.62. The van der Waals surface area contributed by atoms with Crippen LogP contribution >= 0.6 is 0 Å². The van der Waals surface area contributed by atoms with E-state index < -0.39 is 0 Å². The average molecular weight is 285 g/mol. The number of nitrogens with two attached hydrogens (primary N) is 1. The van der Waals surface area contributed by atoms with E-state index in [2.05, 4.69) is 40.5 Å². The highest BCUT2D eigenvalue weighted by molar-refractivity contribution is 5.91. The predicted octanol–water partition coefficient (Wildman–Crippen LogP) is 2.13. The van der Waals surface area contributed by atoms with E-state index in [9.17, 15) is 0 Å². The molecule has 2 aromatic rings. The van der Waals surface area contributed by atoms with E-state index in [-0.39, 0.29) is 5.54 Å². The van der Waals surface area contributed by atoms with Crippen molar-refractivity contribution in [1.29, 1.82) is 0 Å². The zero-order valence-electron chi connectivity index (χ0n) is 13.0. The molecule has 1 fully saturated rings. The maximum Gasteiger partial charge on any atom is 0.140 e. The fourth-order valence-corrected chi connectivity index (χ4v) is 2.90. The van der Waals surface area contributed by atoms with Gasteiger partial charge in [-0.15, -0.1) is 0 Å². The van der Waals surface area contributed by atoms with Gasteiger partial charge in [-0.3, -0.25) is 4.90 Å². The summed E-state index contributed by atoms with van der Waals surface area (Å²) in [4.78, 5) is 13.7. The van der Waals surface area contributed by atoms with Crippen molar-refractivity contribution >= 4 is 22.4 Å². The predicted molar refractivity (Wildman–Crippen MR) is 87.5 cm³/mol. The van der Waals surface area contributed by atoms with Crippen LogP contribution in [0.2, 0.25) is 0 Å². The SMILES string of the molecule is CC(C)(C)N1CCN(c2ncnc3ccc(N)cc23)CC1. The second kappa shape index (κ2) is 5.15. The molecule has 0 aliphatic carbocycles. The summed E-state index contributed by atoms with van der Waals surface area (Å²) in [6.07, 6.45) is 1.64. The molecule has 1 aliphatic rings. The molecule has 21 heavy (non-hydrogen) atoms. The van der Waals surface area contributed by atoms with Gasteiger partial charge in [-0.1, -0.05) is 0 Å². The number of aromatic nitrogens is 2. The number of benzene rings is 1. The van der Waals surface area contributed by atoms with E-state index >= 15 is 0 Å². The Labute approximate surface area is 125 Å². The van der Waals surface area contributed by atoms with E-state index in [1.54, 1.807) is 6.33 Å². The monoisotopic (exact) mass is 285 g/mol. The minimum atomic E-state index is 0.226. The lowest BCUT2D eigenvalue weighted by atomic mass is 10.0. The number of hydrogen-bond donors (Lipinski definition) is 1. The Hall–Kier alpha value is -1.88. The molecule has 0 saturated carbocycles. The third-order valence-electron chi connectivity index (χ3n) is 4.17. The molecule has 5 heteroatoms. The van der Waals surface area contributed by atoms with Gasteiger partial charge in [-0.25, -0.2) is 9.97 Å². The summed E-state index contributed by atoms with van der Waals surface area (Å²) >= 11 is 0. The third kappa shape index (κ3) is 2.78.